The lowest BCUT2D eigenvalue weighted by molar-refractivity contribution is 0.479. The Balaban J connectivity index is 1.52. The van der Waals surface area contributed by atoms with Crippen LogP contribution in [0, 0.1) is 5.92 Å². The van der Waals surface area contributed by atoms with Crippen LogP contribution in [0.4, 0.5) is 0 Å². The van der Waals surface area contributed by atoms with Crippen LogP contribution in [0.1, 0.15) is 37.7 Å². The second kappa shape index (κ2) is 6.70. The molecule has 1 aliphatic carbocycles. The SMILES string of the molecule is c1ccc(CCNCCC2CCCC2)cc1. The van der Waals surface area contributed by atoms with Crippen molar-refractivity contribution < 1.29 is 0 Å². The molecule has 2 rings (SSSR count). The predicted octanol–water partition coefficient (Wildman–Crippen LogP) is 3.40. The molecule has 1 heteroatoms. The van der Waals surface area contributed by atoms with Crippen LogP contribution >= 0.6 is 0 Å². The second-order valence-corrected chi connectivity index (χ2v) is 4.92. The Morgan fingerprint density at radius 1 is 1.00 bits per heavy atom. The van der Waals surface area contributed by atoms with Crippen molar-refractivity contribution in [3.8, 4) is 0 Å². The fourth-order valence-corrected chi connectivity index (χ4v) is 2.61. The number of hydrogen-bond donors (Lipinski definition) is 1. The van der Waals surface area contributed by atoms with Crippen LogP contribution in [0.3, 0.4) is 0 Å². The Kier molecular flexibility index (Phi) is 4.88. The Hall–Kier alpha value is -0.820. The molecule has 0 saturated heterocycles. The summed E-state index contributed by atoms with van der Waals surface area (Å²) in [6.07, 6.45) is 8.42. The van der Waals surface area contributed by atoms with Gasteiger partial charge < -0.3 is 5.32 Å². The van der Waals surface area contributed by atoms with Crippen LogP contribution in [0.5, 0.6) is 0 Å². The predicted molar refractivity (Wildman–Crippen MR) is 69.6 cm³/mol. The van der Waals surface area contributed by atoms with Gasteiger partial charge in [0.15, 0.2) is 0 Å². The fourth-order valence-electron chi connectivity index (χ4n) is 2.61. The Morgan fingerprint density at radius 3 is 2.50 bits per heavy atom. The van der Waals surface area contributed by atoms with E-state index in [9.17, 15) is 0 Å². The normalized spacial score (nSPS) is 16.8. The minimum atomic E-state index is 1.02. The van der Waals surface area contributed by atoms with Crippen molar-refractivity contribution in [3.63, 3.8) is 0 Å². The van der Waals surface area contributed by atoms with E-state index in [0.29, 0.717) is 0 Å². The van der Waals surface area contributed by atoms with Gasteiger partial charge in [-0.3, -0.25) is 0 Å². The molecule has 0 spiro atoms. The molecule has 1 nitrogen and oxygen atoms in total. The van der Waals surface area contributed by atoms with Gasteiger partial charge in [-0.15, -0.1) is 0 Å². The Bertz CT molecular complexity index is 275. The number of nitrogens with one attached hydrogen (secondary N) is 1. The first-order valence-electron chi connectivity index (χ1n) is 6.70. The zero-order valence-corrected chi connectivity index (χ0v) is 10.1. The Morgan fingerprint density at radius 2 is 1.75 bits per heavy atom. The molecule has 1 aromatic rings. The van der Waals surface area contributed by atoms with Gasteiger partial charge in [0, 0.05) is 0 Å². The molecule has 16 heavy (non-hydrogen) atoms. The van der Waals surface area contributed by atoms with E-state index in [1.54, 1.807) is 0 Å². The molecule has 1 aliphatic rings. The minimum Gasteiger partial charge on any atom is -0.316 e. The molecule has 0 radical (unpaired) electrons. The first kappa shape index (κ1) is 11.7. The molecule has 0 atom stereocenters. The third-order valence-corrected chi connectivity index (χ3v) is 3.64. The molecule has 0 amide bonds. The third-order valence-electron chi connectivity index (χ3n) is 3.64. The van der Waals surface area contributed by atoms with Gasteiger partial charge in [-0.25, -0.2) is 0 Å². The summed E-state index contributed by atoms with van der Waals surface area (Å²) in [7, 11) is 0. The Labute approximate surface area is 99.3 Å². The maximum atomic E-state index is 3.56. The van der Waals surface area contributed by atoms with Gasteiger partial charge in [-0.2, -0.15) is 0 Å². The van der Waals surface area contributed by atoms with Gasteiger partial charge in [0.05, 0.1) is 0 Å². The standard InChI is InChI=1S/C15H23N/c1-2-6-14(7-3-1)10-12-16-13-11-15-8-4-5-9-15/h1-3,6-7,15-16H,4-5,8-13H2. The molecule has 1 fully saturated rings. The maximum Gasteiger partial charge on any atom is -0.000835 e. The van der Waals surface area contributed by atoms with Crippen molar-refractivity contribution in [2.75, 3.05) is 13.1 Å². The average molecular weight is 217 g/mol. The van der Waals surface area contributed by atoms with Crippen LogP contribution in [0.25, 0.3) is 0 Å². The highest BCUT2D eigenvalue weighted by atomic mass is 14.8. The highest BCUT2D eigenvalue weighted by Crippen LogP contribution is 2.26. The van der Waals surface area contributed by atoms with E-state index in [1.807, 2.05) is 0 Å². The lowest BCUT2D eigenvalue weighted by atomic mass is 10.0. The van der Waals surface area contributed by atoms with E-state index in [1.165, 1.54) is 44.2 Å². The summed E-state index contributed by atoms with van der Waals surface area (Å²) in [4.78, 5) is 0. The molecule has 1 saturated carbocycles. The van der Waals surface area contributed by atoms with Crippen molar-refractivity contribution in [1.29, 1.82) is 0 Å². The molecule has 0 unspecified atom stereocenters. The van der Waals surface area contributed by atoms with E-state index in [-0.39, 0.29) is 0 Å². The van der Waals surface area contributed by atoms with E-state index in [2.05, 4.69) is 35.6 Å². The van der Waals surface area contributed by atoms with Crippen LogP contribution < -0.4 is 5.32 Å². The highest BCUT2D eigenvalue weighted by Gasteiger charge is 2.13. The minimum absolute atomic E-state index is 1.02. The topological polar surface area (TPSA) is 12.0 Å². The molecule has 0 aliphatic heterocycles. The van der Waals surface area contributed by atoms with Crippen LogP contribution in [0.15, 0.2) is 30.3 Å². The summed E-state index contributed by atoms with van der Waals surface area (Å²) in [5, 5.41) is 3.56. The van der Waals surface area contributed by atoms with Crippen molar-refractivity contribution in [2.24, 2.45) is 5.92 Å². The van der Waals surface area contributed by atoms with Crippen LogP contribution in [0.2, 0.25) is 0 Å². The van der Waals surface area contributed by atoms with Crippen molar-refractivity contribution in [2.45, 2.75) is 38.5 Å². The molecule has 0 heterocycles. The monoisotopic (exact) mass is 217 g/mol. The van der Waals surface area contributed by atoms with Crippen molar-refractivity contribution in [1.82, 2.24) is 5.32 Å². The number of hydrogen-bond acceptors (Lipinski definition) is 1. The van der Waals surface area contributed by atoms with E-state index in [0.717, 1.165) is 18.9 Å². The quantitative estimate of drug-likeness (QED) is 0.720. The zero-order chi connectivity index (χ0) is 11.1. The largest absolute Gasteiger partial charge is 0.316 e. The summed E-state index contributed by atoms with van der Waals surface area (Å²) in [6, 6.07) is 10.7. The summed E-state index contributed by atoms with van der Waals surface area (Å²) < 4.78 is 0. The molecule has 88 valence electrons. The summed E-state index contributed by atoms with van der Waals surface area (Å²) in [5.41, 5.74) is 1.44. The molecule has 0 bridgehead atoms. The maximum absolute atomic E-state index is 3.56. The molecular weight excluding hydrogens is 194 g/mol. The average Bonchev–Trinajstić information content (AvgIpc) is 2.83. The third kappa shape index (κ3) is 3.97. The van der Waals surface area contributed by atoms with Crippen molar-refractivity contribution in [3.05, 3.63) is 35.9 Å². The van der Waals surface area contributed by atoms with E-state index < -0.39 is 0 Å². The fraction of sp³-hybridized carbons (Fsp3) is 0.600. The highest BCUT2D eigenvalue weighted by molar-refractivity contribution is 5.14. The van der Waals surface area contributed by atoms with Gasteiger partial charge in [-0.1, -0.05) is 56.0 Å². The smallest absolute Gasteiger partial charge is 0.000835 e. The second-order valence-electron chi connectivity index (χ2n) is 4.92. The van der Waals surface area contributed by atoms with Gasteiger partial charge >= 0.3 is 0 Å². The number of rotatable bonds is 6. The molecule has 1 N–H and O–H groups in total. The lowest BCUT2D eigenvalue weighted by Gasteiger charge is -2.09. The zero-order valence-electron chi connectivity index (χ0n) is 10.1. The molecule has 1 aromatic carbocycles. The summed E-state index contributed by atoms with van der Waals surface area (Å²) in [5.74, 6) is 1.02. The molecule has 0 aromatic heterocycles. The van der Waals surface area contributed by atoms with Gasteiger partial charge in [0.1, 0.15) is 0 Å². The first-order valence-corrected chi connectivity index (χ1v) is 6.70. The van der Waals surface area contributed by atoms with Crippen molar-refractivity contribution >= 4 is 0 Å². The lowest BCUT2D eigenvalue weighted by Crippen LogP contribution is -2.20. The summed E-state index contributed by atoms with van der Waals surface area (Å²) in [6.45, 7) is 2.33. The van der Waals surface area contributed by atoms with Crippen LogP contribution in [-0.2, 0) is 6.42 Å². The first-order chi connectivity index (χ1) is 7.95. The number of benzene rings is 1. The summed E-state index contributed by atoms with van der Waals surface area (Å²) >= 11 is 0. The van der Waals surface area contributed by atoms with E-state index >= 15 is 0 Å². The van der Waals surface area contributed by atoms with E-state index in [4.69, 9.17) is 0 Å². The van der Waals surface area contributed by atoms with Gasteiger partial charge in [0.25, 0.3) is 0 Å². The van der Waals surface area contributed by atoms with Crippen LogP contribution in [-0.4, -0.2) is 13.1 Å². The van der Waals surface area contributed by atoms with Gasteiger partial charge in [-0.05, 0) is 37.4 Å². The van der Waals surface area contributed by atoms with Gasteiger partial charge in [0.2, 0.25) is 0 Å². The molecular formula is C15H23N.